The van der Waals surface area contributed by atoms with Gasteiger partial charge in [-0.05, 0) is 53.4 Å². The summed E-state index contributed by atoms with van der Waals surface area (Å²) in [5, 5.41) is 0. The Bertz CT molecular complexity index is 2050. The van der Waals surface area contributed by atoms with Crippen LogP contribution in [0.4, 0.5) is 0 Å². The van der Waals surface area contributed by atoms with Gasteiger partial charge in [0.2, 0.25) is 0 Å². The number of aromatic amines is 1. The molecule has 0 aliphatic carbocycles. The number of ether oxygens (including phenoxy) is 7. The third-order valence-corrected chi connectivity index (χ3v) is 10.5. The Balaban J connectivity index is 1.41. The summed E-state index contributed by atoms with van der Waals surface area (Å²) < 4.78 is 46.5. The van der Waals surface area contributed by atoms with Crippen molar-refractivity contribution < 1.29 is 33.2 Å². The van der Waals surface area contributed by atoms with Gasteiger partial charge in [0.05, 0.1) is 34.0 Å². The van der Waals surface area contributed by atoms with Crippen molar-refractivity contribution in [2.24, 2.45) is 0 Å². The van der Waals surface area contributed by atoms with Gasteiger partial charge < -0.3 is 33.2 Å². The van der Waals surface area contributed by atoms with Crippen LogP contribution in [0.1, 0.15) is 40.5 Å². The van der Waals surface area contributed by atoms with Crippen molar-refractivity contribution >= 4 is 0 Å². The number of aryl methyl sites for hydroxylation is 1. The minimum Gasteiger partial charge on any atom is -0.497 e. The topological polar surface area (TPSA) is 119 Å². The Morgan fingerprint density at radius 3 is 1.98 bits per heavy atom. The maximum absolute atomic E-state index is 13.5. The molecule has 0 saturated carbocycles. The van der Waals surface area contributed by atoms with Crippen molar-refractivity contribution in [3.8, 4) is 11.5 Å². The molecule has 0 spiro atoms. The molecule has 1 N–H and O–H groups in total. The second-order valence-corrected chi connectivity index (χ2v) is 13.4. The average Bonchev–Trinajstić information content (AvgIpc) is 3.50. The predicted octanol–water partition coefficient (Wildman–Crippen LogP) is 5.53. The fraction of sp³-hybridized carbons (Fsp3) is 0.333. The molecule has 0 unspecified atom stereocenters. The molecule has 11 heteroatoms. The largest absolute Gasteiger partial charge is 0.497 e. The molecule has 3 heterocycles. The highest BCUT2D eigenvalue weighted by Crippen LogP contribution is 2.54. The Morgan fingerprint density at radius 1 is 0.811 bits per heavy atom. The minimum absolute atomic E-state index is 0.0534. The van der Waals surface area contributed by atoms with Gasteiger partial charge in [0.1, 0.15) is 34.4 Å². The second kappa shape index (κ2) is 15.1. The Morgan fingerprint density at radius 2 is 1.40 bits per heavy atom. The van der Waals surface area contributed by atoms with Gasteiger partial charge in [-0.3, -0.25) is 14.3 Å². The minimum atomic E-state index is -1.31. The van der Waals surface area contributed by atoms with Crippen molar-refractivity contribution in [2.75, 3.05) is 41.2 Å². The predicted molar refractivity (Wildman–Crippen MR) is 197 cm³/mol. The molecule has 53 heavy (non-hydrogen) atoms. The molecule has 7 rings (SSSR count). The van der Waals surface area contributed by atoms with E-state index in [1.807, 2.05) is 109 Å². The second-order valence-electron chi connectivity index (χ2n) is 13.4. The Hall–Kier alpha value is -5.04. The van der Waals surface area contributed by atoms with Crippen molar-refractivity contribution in [3.05, 3.63) is 164 Å². The van der Waals surface area contributed by atoms with E-state index in [1.54, 1.807) is 28.3 Å². The summed E-state index contributed by atoms with van der Waals surface area (Å²) in [6.45, 7) is 2.25. The molecule has 1 aromatic heterocycles. The molecule has 11 nitrogen and oxygen atoms in total. The summed E-state index contributed by atoms with van der Waals surface area (Å²) >= 11 is 0. The maximum atomic E-state index is 13.5. The van der Waals surface area contributed by atoms with E-state index in [9.17, 15) is 9.59 Å². The number of benzene rings is 4. The molecule has 2 fully saturated rings. The number of hydrogen-bond donors (Lipinski definition) is 1. The van der Waals surface area contributed by atoms with E-state index in [4.69, 9.17) is 33.2 Å². The van der Waals surface area contributed by atoms with Gasteiger partial charge in [-0.2, -0.15) is 0 Å². The van der Waals surface area contributed by atoms with Crippen LogP contribution in [0.25, 0.3) is 0 Å². The SMILES string of the molecule is COc1ccc(C(OC[C@]23COCC[C@]2(OCc2ccccc2)[C@@H](OC)[C@H](n2cc(C)c(=O)[nH]c2=O)O3)(c2ccccc2)c2ccc(OC)cc2)cc1. The van der Waals surface area contributed by atoms with Crippen LogP contribution in [0.3, 0.4) is 0 Å². The number of fused-ring (bicyclic) bond motifs is 1. The van der Waals surface area contributed by atoms with Gasteiger partial charge in [-0.25, -0.2) is 4.79 Å². The maximum Gasteiger partial charge on any atom is 0.330 e. The zero-order valence-electron chi connectivity index (χ0n) is 30.3. The first-order valence-corrected chi connectivity index (χ1v) is 17.6. The van der Waals surface area contributed by atoms with E-state index in [0.717, 1.165) is 22.3 Å². The molecule has 0 bridgehead atoms. The first-order valence-electron chi connectivity index (χ1n) is 17.6. The molecule has 2 saturated heterocycles. The summed E-state index contributed by atoms with van der Waals surface area (Å²) in [6.07, 6.45) is 0.0593. The van der Waals surface area contributed by atoms with E-state index in [1.165, 1.54) is 10.8 Å². The molecule has 0 amide bonds. The van der Waals surface area contributed by atoms with Crippen molar-refractivity contribution in [1.29, 1.82) is 0 Å². The van der Waals surface area contributed by atoms with Crippen LogP contribution >= 0.6 is 0 Å². The third-order valence-electron chi connectivity index (χ3n) is 10.5. The van der Waals surface area contributed by atoms with Gasteiger partial charge >= 0.3 is 5.69 Å². The van der Waals surface area contributed by atoms with Gasteiger partial charge in [-0.15, -0.1) is 0 Å². The zero-order chi connectivity index (χ0) is 37.1. The Kier molecular flexibility index (Phi) is 10.4. The average molecular weight is 721 g/mol. The van der Waals surface area contributed by atoms with Gasteiger partial charge in [0.15, 0.2) is 6.23 Å². The number of H-pyrrole nitrogens is 1. The molecule has 0 radical (unpaired) electrons. The van der Waals surface area contributed by atoms with Crippen LogP contribution in [-0.4, -0.2) is 68.0 Å². The van der Waals surface area contributed by atoms with Crippen LogP contribution in [-0.2, 0) is 35.9 Å². The quantitative estimate of drug-likeness (QED) is 0.157. The highest BCUT2D eigenvalue weighted by atomic mass is 16.7. The number of methoxy groups -OCH3 is 3. The summed E-state index contributed by atoms with van der Waals surface area (Å²) in [4.78, 5) is 28.4. The lowest BCUT2D eigenvalue weighted by atomic mass is 9.76. The number of nitrogens with one attached hydrogen (secondary N) is 1. The van der Waals surface area contributed by atoms with Crippen LogP contribution < -0.4 is 20.7 Å². The molecule has 276 valence electrons. The number of hydrogen-bond acceptors (Lipinski definition) is 9. The number of nitrogens with zero attached hydrogens (tertiary/aromatic N) is 1. The molecule has 4 aromatic carbocycles. The van der Waals surface area contributed by atoms with Gasteiger partial charge in [0.25, 0.3) is 5.56 Å². The molecular weight excluding hydrogens is 676 g/mol. The van der Waals surface area contributed by atoms with Crippen molar-refractivity contribution in [1.82, 2.24) is 9.55 Å². The molecule has 4 atom stereocenters. The van der Waals surface area contributed by atoms with E-state index < -0.39 is 40.4 Å². The van der Waals surface area contributed by atoms with E-state index in [2.05, 4.69) is 4.98 Å². The van der Waals surface area contributed by atoms with E-state index in [-0.39, 0.29) is 19.8 Å². The normalized spacial score (nSPS) is 22.6. The van der Waals surface area contributed by atoms with Gasteiger partial charge in [0, 0.05) is 31.9 Å². The zero-order valence-corrected chi connectivity index (χ0v) is 30.3. The standard InChI is InChI=1S/C42H44N2O9/c1-29-25-44(39(46)43-37(29)45)38-36(49-4)41(51-26-30-11-7-5-8-12-30)23-24-50-27-40(41,53-38)28-52-42(31-13-9-6-10-14-31,32-15-19-34(47-2)20-16-32)33-17-21-35(48-3)22-18-33/h5-22,25,36,38H,23-24,26-28H2,1-4H3,(H,43,45,46)/t36-,38+,40+,41-/m0/s1. The lowest BCUT2D eigenvalue weighted by Crippen LogP contribution is -2.66. The lowest BCUT2D eigenvalue weighted by Gasteiger charge is -2.49. The fourth-order valence-corrected chi connectivity index (χ4v) is 7.72. The molecule has 2 aliphatic rings. The lowest BCUT2D eigenvalue weighted by molar-refractivity contribution is -0.262. The first-order chi connectivity index (χ1) is 25.8. The summed E-state index contributed by atoms with van der Waals surface area (Å²) in [5.41, 5.74) is -0.936. The molecule has 5 aromatic rings. The summed E-state index contributed by atoms with van der Waals surface area (Å²) in [6, 6.07) is 35.4. The smallest absolute Gasteiger partial charge is 0.330 e. The van der Waals surface area contributed by atoms with Crippen LogP contribution in [0, 0.1) is 6.92 Å². The van der Waals surface area contributed by atoms with Gasteiger partial charge in [-0.1, -0.05) is 84.9 Å². The monoisotopic (exact) mass is 720 g/mol. The van der Waals surface area contributed by atoms with Crippen LogP contribution in [0.5, 0.6) is 11.5 Å². The molecule has 2 aliphatic heterocycles. The van der Waals surface area contributed by atoms with E-state index >= 15 is 0 Å². The highest BCUT2D eigenvalue weighted by Gasteiger charge is 2.70. The van der Waals surface area contributed by atoms with Crippen molar-refractivity contribution in [3.63, 3.8) is 0 Å². The Labute approximate surface area is 308 Å². The van der Waals surface area contributed by atoms with Crippen LogP contribution in [0.15, 0.2) is 125 Å². The molecular formula is C42H44N2O9. The van der Waals surface area contributed by atoms with Crippen molar-refractivity contribution in [2.45, 2.75) is 49.1 Å². The number of aromatic nitrogens is 2. The number of rotatable bonds is 13. The first kappa shape index (κ1) is 36.3. The fourth-order valence-electron chi connectivity index (χ4n) is 7.72. The van der Waals surface area contributed by atoms with Crippen LogP contribution in [0.2, 0.25) is 0 Å². The highest BCUT2D eigenvalue weighted by molar-refractivity contribution is 5.50. The van der Waals surface area contributed by atoms with E-state index in [0.29, 0.717) is 30.1 Å². The third kappa shape index (κ3) is 6.49. The summed E-state index contributed by atoms with van der Waals surface area (Å²) in [5.74, 6) is 1.40. The summed E-state index contributed by atoms with van der Waals surface area (Å²) in [7, 11) is 4.84.